The van der Waals surface area contributed by atoms with Crippen LogP contribution in [0.25, 0.3) is 11.4 Å². The average molecular weight is 349 g/mol. The van der Waals surface area contributed by atoms with Gasteiger partial charge in [0.2, 0.25) is 11.7 Å². The monoisotopic (exact) mass is 349 g/mol. The van der Waals surface area contributed by atoms with Crippen molar-refractivity contribution in [2.45, 2.75) is 40.3 Å². The lowest BCUT2D eigenvalue weighted by Crippen LogP contribution is -2.36. The average Bonchev–Trinajstić information content (AvgIpc) is 3.07. The van der Waals surface area contributed by atoms with Crippen molar-refractivity contribution in [3.8, 4) is 11.4 Å². The van der Waals surface area contributed by atoms with E-state index in [1.54, 1.807) is 4.90 Å². The Kier molecular flexibility index (Phi) is 5.16. The van der Waals surface area contributed by atoms with Gasteiger partial charge in [-0.3, -0.25) is 4.79 Å². The maximum absolute atomic E-state index is 13.0. The van der Waals surface area contributed by atoms with Gasteiger partial charge in [-0.1, -0.05) is 52.7 Å². The smallest absolute Gasteiger partial charge is 0.254 e. The first-order chi connectivity index (χ1) is 12.4. The maximum Gasteiger partial charge on any atom is 0.254 e. The highest BCUT2D eigenvalue weighted by atomic mass is 16.5. The molecule has 0 aliphatic carbocycles. The molecule has 26 heavy (non-hydrogen) atoms. The van der Waals surface area contributed by atoms with Crippen molar-refractivity contribution in [2.24, 2.45) is 0 Å². The number of carbonyl (C=O) groups excluding carboxylic acids is 1. The standard InChI is InChI=1S/C21H23N3O2/c1-14(2)24(21(25)18-11-15(3)10-16(4)12-18)13-19-22-20(23-26-19)17-8-6-5-7-9-17/h5-12,14H,13H2,1-4H3. The third kappa shape index (κ3) is 3.99. The van der Waals surface area contributed by atoms with Crippen molar-refractivity contribution >= 4 is 5.91 Å². The molecule has 5 heteroatoms. The molecule has 0 unspecified atom stereocenters. The Bertz CT molecular complexity index is 880. The van der Waals surface area contributed by atoms with Crippen LogP contribution < -0.4 is 0 Å². The van der Waals surface area contributed by atoms with Crippen molar-refractivity contribution in [2.75, 3.05) is 0 Å². The van der Waals surface area contributed by atoms with Gasteiger partial charge in [0.1, 0.15) is 6.54 Å². The second kappa shape index (κ2) is 7.52. The zero-order valence-corrected chi connectivity index (χ0v) is 15.6. The molecule has 1 aromatic heterocycles. The van der Waals surface area contributed by atoms with Crippen molar-refractivity contribution < 1.29 is 9.32 Å². The summed E-state index contributed by atoms with van der Waals surface area (Å²) >= 11 is 0. The van der Waals surface area contributed by atoms with Crippen molar-refractivity contribution in [3.63, 3.8) is 0 Å². The van der Waals surface area contributed by atoms with E-state index in [2.05, 4.69) is 16.2 Å². The summed E-state index contributed by atoms with van der Waals surface area (Å²) in [5.41, 5.74) is 3.71. The van der Waals surface area contributed by atoms with Crippen LogP contribution in [0.4, 0.5) is 0 Å². The van der Waals surface area contributed by atoms with Crippen molar-refractivity contribution in [1.82, 2.24) is 15.0 Å². The predicted molar refractivity (Wildman–Crippen MR) is 101 cm³/mol. The lowest BCUT2D eigenvalue weighted by Gasteiger charge is -2.25. The summed E-state index contributed by atoms with van der Waals surface area (Å²) in [6, 6.07) is 15.5. The summed E-state index contributed by atoms with van der Waals surface area (Å²) in [7, 11) is 0. The number of nitrogens with zero attached hydrogens (tertiary/aromatic N) is 3. The molecular formula is C21H23N3O2. The summed E-state index contributed by atoms with van der Waals surface area (Å²) in [6.45, 7) is 8.23. The molecule has 0 saturated heterocycles. The number of hydrogen-bond donors (Lipinski definition) is 0. The molecule has 2 aromatic carbocycles. The Morgan fingerprint density at radius 3 is 2.35 bits per heavy atom. The van der Waals surface area contributed by atoms with Gasteiger partial charge in [0.05, 0.1) is 0 Å². The van der Waals surface area contributed by atoms with Crippen LogP contribution in [-0.4, -0.2) is 27.0 Å². The zero-order valence-electron chi connectivity index (χ0n) is 15.6. The molecule has 5 nitrogen and oxygen atoms in total. The predicted octanol–water partition coefficient (Wildman–Crippen LogP) is 4.40. The molecule has 134 valence electrons. The molecule has 3 aromatic rings. The first-order valence-electron chi connectivity index (χ1n) is 8.71. The van der Waals surface area contributed by atoms with E-state index in [1.165, 1.54) is 0 Å². The van der Waals surface area contributed by atoms with Crippen LogP contribution in [0.3, 0.4) is 0 Å². The lowest BCUT2D eigenvalue weighted by atomic mass is 10.1. The van der Waals surface area contributed by atoms with Gasteiger partial charge >= 0.3 is 0 Å². The van der Waals surface area contributed by atoms with E-state index in [4.69, 9.17) is 4.52 Å². The molecule has 1 heterocycles. The number of rotatable bonds is 5. The summed E-state index contributed by atoms with van der Waals surface area (Å²) in [6.07, 6.45) is 0. The molecule has 0 radical (unpaired) electrons. The van der Waals surface area contributed by atoms with Crippen LogP contribution in [0.15, 0.2) is 53.1 Å². The second-order valence-electron chi connectivity index (χ2n) is 6.78. The fraction of sp³-hybridized carbons (Fsp3) is 0.286. The van der Waals surface area contributed by atoms with Crippen LogP contribution in [0.2, 0.25) is 0 Å². The molecule has 0 fully saturated rings. The number of amides is 1. The highest BCUT2D eigenvalue weighted by molar-refractivity contribution is 5.94. The Hall–Kier alpha value is -2.95. The van der Waals surface area contributed by atoms with Gasteiger partial charge in [-0.15, -0.1) is 0 Å². The lowest BCUT2D eigenvalue weighted by molar-refractivity contribution is 0.0667. The molecule has 0 spiro atoms. The van der Waals surface area contributed by atoms with Gasteiger partial charge in [-0.05, 0) is 39.8 Å². The quantitative estimate of drug-likeness (QED) is 0.685. The van der Waals surface area contributed by atoms with E-state index in [0.29, 0.717) is 17.3 Å². The third-order valence-corrected chi connectivity index (χ3v) is 4.16. The summed E-state index contributed by atoms with van der Waals surface area (Å²) in [4.78, 5) is 19.2. The van der Waals surface area contributed by atoms with E-state index in [0.717, 1.165) is 16.7 Å². The minimum absolute atomic E-state index is 0.00962. The third-order valence-electron chi connectivity index (χ3n) is 4.16. The van der Waals surface area contributed by atoms with E-state index in [1.807, 2.05) is 70.2 Å². The van der Waals surface area contributed by atoms with Gasteiger partial charge in [-0.25, -0.2) is 0 Å². The molecule has 1 amide bonds. The maximum atomic E-state index is 13.0. The molecule has 0 aliphatic rings. The van der Waals surface area contributed by atoms with Gasteiger partial charge in [0.15, 0.2) is 0 Å². The SMILES string of the molecule is Cc1cc(C)cc(C(=O)N(Cc2nc(-c3ccccc3)no2)C(C)C)c1. The van der Waals surface area contributed by atoms with Crippen molar-refractivity contribution in [1.29, 1.82) is 0 Å². The Labute approximate surface area is 153 Å². The molecule has 0 atom stereocenters. The van der Waals surface area contributed by atoms with E-state index >= 15 is 0 Å². The molecule has 3 rings (SSSR count). The van der Waals surface area contributed by atoms with Gasteiger partial charge in [0.25, 0.3) is 5.91 Å². The van der Waals surface area contributed by atoms with Crippen LogP contribution >= 0.6 is 0 Å². The number of aryl methyl sites for hydroxylation is 2. The minimum Gasteiger partial charge on any atom is -0.337 e. The number of carbonyl (C=O) groups is 1. The first-order valence-corrected chi connectivity index (χ1v) is 8.71. The molecule has 0 saturated carbocycles. The molecular weight excluding hydrogens is 326 g/mol. The van der Waals surface area contributed by atoms with Gasteiger partial charge in [-0.2, -0.15) is 4.98 Å². The zero-order chi connectivity index (χ0) is 18.7. The number of hydrogen-bond acceptors (Lipinski definition) is 4. The fourth-order valence-electron chi connectivity index (χ4n) is 2.92. The van der Waals surface area contributed by atoms with E-state index < -0.39 is 0 Å². The normalized spacial score (nSPS) is 11.0. The highest BCUT2D eigenvalue weighted by Gasteiger charge is 2.22. The summed E-state index contributed by atoms with van der Waals surface area (Å²) in [5.74, 6) is 0.921. The minimum atomic E-state index is -0.0359. The fourth-order valence-corrected chi connectivity index (χ4v) is 2.92. The van der Waals surface area contributed by atoms with Crippen LogP contribution in [0, 0.1) is 13.8 Å². The van der Waals surface area contributed by atoms with E-state index in [9.17, 15) is 4.79 Å². The van der Waals surface area contributed by atoms with Gasteiger partial charge < -0.3 is 9.42 Å². The first kappa shape index (κ1) is 17.9. The largest absolute Gasteiger partial charge is 0.337 e. The summed E-state index contributed by atoms with van der Waals surface area (Å²) in [5, 5.41) is 4.04. The van der Waals surface area contributed by atoms with Crippen LogP contribution in [-0.2, 0) is 6.54 Å². The molecule has 0 bridgehead atoms. The van der Waals surface area contributed by atoms with Crippen LogP contribution in [0.1, 0.15) is 41.2 Å². The van der Waals surface area contributed by atoms with Crippen LogP contribution in [0.5, 0.6) is 0 Å². The molecule has 0 N–H and O–H groups in total. The molecule has 0 aliphatic heterocycles. The Morgan fingerprint density at radius 2 is 1.73 bits per heavy atom. The topological polar surface area (TPSA) is 59.2 Å². The number of aromatic nitrogens is 2. The Morgan fingerprint density at radius 1 is 1.08 bits per heavy atom. The van der Waals surface area contributed by atoms with Crippen molar-refractivity contribution in [3.05, 3.63) is 71.1 Å². The van der Waals surface area contributed by atoms with Gasteiger partial charge in [0, 0.05) is 17.2 Å². The summed E-state index contributed by atoms with van der Waals surface area (Å²) < 4.78 is 5.38. The number of benzene rings is 2. The second-order valence-corrected chi connectivity index (χ2v) is 6.78. The van der Waals surface area contributed by atoms with E-state index in [-0.39, 0.29) is 18.5 Å². The highest BCUT2D eigenvalue weighted by Crippen LogP contribution is 2.18. The Balaban J connectivity index is 1.83.